The number of ether oxygens (including phenoxy) is 1. The van der Waals surface area contributed by atoms with Crippen molar-refractivity contribution in [3.8, 4) is 5.75 Å². The van der Waals surface area contributed by atoms with Crippen LogP contribution >= 0.6 is 0 Å². The Kier molecular flexibility index (Phi) is 3.03. The first-order valence-corrected chi connectivity index (χ1v) is 5.01. The lowest BCUT2D eigenvalue weighted by molar-refractivity contribution is -0.117. The van der Waals surface area contributed by atoms with Gasteiger partial charge in [-0.15, -0.1) is 0 Å². The van der Waals surface area contributed by atoms with Crippen molar-refractivity contribution in [2.45, 2.75) is 19.5 Å². The molecule has 3 nitrogen and oxygen atoms in total. The molecule has 1 aliphatic carbocycles. The molecule has 16 heavy (non-hydrogen) atoms. The lowest BCUT2D eigenvalue weighted by Crippen LogP contribution is -2.15. The first-order valence-electron chi connectivity index (χ1n) is 5.01. The summed E-state index contributed by atoms with van der Waals surface area (Å²) in [5.41, 5.74) is 0.291. The van der Waals surface area contributed by atoms with Crippen molar-refractivity contribution >= 4 is 11.6 Å². The molecule has 5 heteroatoms. The van der Waals surface area contributed by atoms with Gasteiger partial charge in [0.15, 0.2) is 0 Å². The van der Waals surface area contributed by atoms with Gasteiger partial charge in [-0.3, -0.25) is 4.79 Å². The third-order valence-corrected chi connectivity index (χ3v) is 2.31. The zero-order chi connectivity index (χ0) is 11.5. The predicted molar refractivity (Wildman–Crippen MR) is 54.4 cm³/mol. The number of hydrogen-bond donors (Lipinski definition) is 1. The molecule has 0 aromatic heterocycles. The molecule has 0 saturated heterocycles. The zero-order valence-corrected chi connectivity index (χ0v) is 8.45. The summed E-state index contributed by atoms with van der Waals surface area (Å²) < 4.78 is 28.4. The number of anilines is 1. The molecular formula is C11H11F2NO2. The van der Waals surface area contributed by atoms with Gasteiger partial charge in [0.05, 0.1) is 5.69 Å². The maximum absolute atomic E-state index is 12.1. The van der Waals surface area contributed by atoms with E-state index in [1.807, 2.05) is 0 Å². The third-order valence-electron chi connectivity index (χ3n) is 2.31. The van der Waals surface area contributed by atoms with Crippen LogP contribution in [0.15, 0.2) is 24.3 Å². The molecule has 1 aliphatic rings. The summed E-state index contributed by atoms with van der Waals surface area (Å²) in [5.74, 6) is -0.114. The van der Waals surface area contributed by atoms with Crippen LogP contribution in [0.2, 0.25) is 0 Å². The average Bonchev–Trinajstić information content (AvgIpc) is 3.03. The van der Waals surface area contributed by atoms with Gasteiger partial charge >= 0.3 is 6.61 Å². The van der Waals surface area contributed by atoms with Gasteiger partial charge in [0, 0.05) is 5.92 Å². The Bertz CT molecular complexity index is 391. The lowest BCUT2D eigenvalue weighted by Gasteiger charge is -2.11. The molecule has 0 heterocycles. The highest BCUT2D eigenvalue weighted by atomic mass is 19.3. The topological polar surface area (TPSA) is 38.3 Å². The van der Waals surface area contributed by atoms with Crippen LogP contribution in [0.3, 0.4) is 0 Å². The number of nitrogens with one attached hydrogen (secondary N) is 1. The molecular weight excluding hydrogens is 216 g/mol. The number of amides is 1. The second kappa shape index (κ2) is 4.47. The van der Waals surface area contributed by atoms with E-state index in [9.17, 15) is 13.6 Å². The number of hydrogen-bond acceptors (Lipinski definition) is 2. The Labute approximate surface area is 91.4 Å². The summed E-state index contributed by atoms with van der Waals surface area (Å²) in [7, 11) is 0. The molecule has 0 atom stereocenters. The molecule has 1 aromatic carbocycles. The van der Waals surface area contributed by atoms with E-state index in [2.05, 4.69) is 10.1 Å². The fraction of sp³-hybridized carbons (Fsp3) is 0.364. The van der Waals surface area contributed by atoms with Crippen LogP contribution in [-0.4, -0.2) is 12.5 Å². The van der Waals surface area contributed by atoms with Gasteiger partial charge in [-0.2, -0.15) is 8.78 Å². The van der Waals surface area contributed by atoms with Crippen LogP contribution in [0.1, 0.15) is 12.8 Å². The van der Waals surface area contributed by atoms with Crippen molar-refractivity contribution in [2.75, 3.05) is 5.32 Å². The standard InChI is InChI=1S/C11H11F2NO2/c12-11(13)16-9-4-2-1-3-8(9)14-10(15)7-5-6-7/h1-4,7,11H,5-6H2,(H,14,15). The van der Waals surface area contributed by atoms with Crippen LogP contribution < -0.4 is 10.1 Å². The van der Waals surface area contributed by atoms with E-state index in [1.54, 1.807) is 12.1 Å². The highest BCUT2D eigenvalue weighted by Crippen LogP contribution is 2.32. The van der Waals surface area contributed by atoms with E-state index >= 15 is 0 Å². The second-order valence-corrected chi connectivity index (χ2v) is 3.64. The molecule has 0 bridgehead atoms. The zero-order valence-electron chi connectivity index (χ0n) is 8.45. The largest absolute Gasteiger partial charge is 0.433 e. The minimum atomic E-state index is -2.89. The second-order valence-electron chi connectivity index (χ2n) is 3.64. The highest BCUT2D eigenvalue weighted by Gasteiger charge is 2.30. The molecule has 0 radical (unpaired) electrons. The Morgan fingerprint density at radius 1 is 1.38 bits per heavy atom. The smallest absolute Gasteiger partial charge is 0.387 e. The van der Waals surface area contributed by atoms with E-state index in [4.69, 9.17) is 0 Å². The van der Waals surface area contributed by atoms with Crippen molar-refractivity contribution in [1.82, 2.24) is 0 Å². The summed E-state index contributed by atoms with van der Waals surface area (Å²) in [5, 5.41) is 2.58. The first-order chi connectivity index (χ1) is 7.66. The average molecular weight is 227 g/mol. The van der Waals surface area contributed by atoms with Crippen LogP contribution in [0.5, 0.6) is 5.75 Å². The number of carbonyl (C=O) groups is 1. The van der Waals surface area contributed by atoms with E-state index in [0.717, 1.165) is 12.8 Å². The quantitative estimate of drug-likeness (QED) is 0.858. The molecule has 2 rings (SSSR count). The fourth-order valence-electron chi connectivity index (χ4n) is 1.35. The molecule has 0 aliphatic heterocycles. The van der Waals surface area contributed by atoms with Crippen molar-refractivity contribution in [3.63, 3.8) is 0 Å². The number of alkyl halides is 2. The summed E-state index contributed by atoms with van der Waals surface area (Å²) in [6.07, 6.45) is 1.73. The van der Waals surface area contributed by atoms with Gasteiger partial charge in [0.2, 0.25) is 5.91 Å². The van der Waals surface area contributed by atoms with Gasteiger partial charge < -0.3 is 10.1 Å². The molecule has 1 amide bonds. The number of para-hydroxylation sites is 2. The van der Waals surface area contributed by atoms with Crippen molar-refractivity contribution in [3.05, 3.63) is 24.3 Å². The Morgan fingerprint density at radius 3 is 2.69 bits per heavy atom. The Balaban J connectivity index is 2.08. The molecule has 0 unspecified atom stereocenters. The maximum atomic E-state index is 12.1. The highest BCUT2D eigenvalue weighted by molar-refractivity contribution is 5.95. The van der Waals surface area contributed by atoms with Gasteiger partial charge in [0.25, 0.3) is 0 Å². The predicted octanol–water partition coefficient (Wildman–Crippen LogP) is 2.64. The Hall–Kier alpha value is -1.65. The lowest BCUT2D eigenvalue weighted by atomic mass is 10.2. The van der Waals surface area contributed by atoms with Crippen molar-refractivity contribution in [1.29, 1.82) is 0 Å². The molecule has 1 aromatic rings. The minimum Gasteiger partial charge on any atom is -0.433 e. The molecule has 86 valence electrons. The molecule has 1 N–H and O–H groups in total. The monoisotopic (exact) mass is 227 g/mol. The minimum absolute atomic E-state index is 0.00787. The number of rotatable bonds is 4. The summed E-state index contributed by atoms with van der Waals surface area (Å²) in [6, 6.07) is 6.16. The number of halogens is 2. The first kappa shape index (κ1) is 10.9. The van der Waals surface area contributed by atoms with Gasteiger partial charge in [-0.1, -0.05) is 12.1 Å². The fourth-order valence-corrected chi connectivity index (χ4v) is 1.35. The van der Waals surface area contributed by atoms with Crippen LogP contribution in [0.4, 0.5) is 14.5 Å². The number of carbonyl (C=O) groups excluding carboxylic acids is 1. The molecule has 1 fully saturated rings. The van der Waals surface area contributed by atoms with E-state index < -0.39 is 6.61 Å². The molecule has 0 spiro atoms. The maximum Gasteiger partial charge on any atom is 0.387 e. The van der Waals surface area contributed by atoms with E-state index in [1.165, 1.54) is 12.1 Å². The van der Waals surface area contributed by atoms with E-state index in [-0.39, 0.29) is 17.6 Å². The van der Waals surface area contributed by atoms with Gasteiger partial charge in [-0.25, -0.2) is 0 Å². The van der Waals surface area contributed by atoms with Crippen LogP contribution in [-0.2, 0) is 4.79 Å². The summed E-state index contributed by atoms with van der Waals surface area (Å²) in [4.78, 5) is 11.5. The van der Waals surface area contributed by atoms with Crippen LogP contribution in [0.25, 0.3) is 0 Å². The van der Waals surface area contributed by atoms with Gasteiger partial charge in [-0.05, 0) is 25.0 Å². The van der Waals surface area contributed by atoms with Crippen molar-refractivity contribution < 1.29 is 18.3 Å². The van der Waals surface area contributed by atoms with E-state index in [0.29, 0.717) is 5.69 Å². The number of benzene rings is 1. The summed E-state index contributed by atoms with van der Waals surface area (Å²) in [6.45, 7) is -2.89. The van der Waals surface area contributed by atoms with Crippen LogP contribution in [0, 0.1) is 5.92 Å². The normalized spacial score (nSPS) is 14.9. The summed E-state index contributed by atoms with van der Waals surface area (Å²) >= 11 is 0. The van der Waals surface area contributed by atoms with Crippen molar-refractivity contribution in [2.24, 2.45) is 5.92 Å². The third kappa shape index (κ3) is 2.68. The Morgan fingerprint density at radius 2 is 2.06 bits per heavy atom. The SMILES string of the molecule is O=C(Nc1ccccc1OC(F)F)C1CC1. The molecule has 1 saturated carbocycles. The van der Waals surface area contributed by atoms with Gasteiger partial charge in [0.1, 0.15) is 5.75 Å².